The van der Waals surface area contributed by atoms with Crippen molar-refractivity contribution in [1.29, 1.82) is 0 Å². The van der Waals surface area contributed by atoms with Crippen molar-refractivity contribution in [2.24, 2.45) is 0 Å². The SMILES string of the molecule is c1ccc(-c2nc(-c3ccc(-c4c5ccccc5n5c4sc4ccccc45)cc3)c3ccccc3n2)cc1. The third kappa shape index (κ3) is 3.21. The zero-order valence-electron chi connectivity index (χ0n) is 20.4. The maximum atomic E-state index is 5.05. The number of rotatable bonds is 3. The maximum absolute atomic E-state index is 5.05. The van der Waals surface area contributed by atoms with E-state index in [9.17, 15) is 0 Å². The number of para-hydroxylation sites is 3. The van der Waals surface area contributed by atoms with E-state index in [1.165, 1.54) is 37.1 Å². The minimum Gasteiger partial charge on any atom is -0.299 e. The first-order chi connectivity index (χ1) is 18.8. The summed E-state index contributed by atoms with van der Waals surface area (Å²) >= 11 is 1.85. The molecule has 0 saturated heterocycles. The van der Waals surface area contributed by atoms with Crippen LogP contribution in [-0.2, 0) is 0 Å². The molecule has 0 spiro atoms. The predicted octanol–water partition coefficient (Wildman–Crippen LogP) is 9.25. The van der Waals surface area contributed by atoms with Gasteiger partial charge < -0.3 is 0 Å². The molecule has 178 valence electrons. The second-order valence-electron chi connectivity index (χ2n) is 9.46. The second kappa shape index (κ2) is 8.37. The number of fused-ring (bicyclic) bond motifs is 6. The maximum Gasteiger partial charge on any atom is 0.160 e. The van der Waals surface area contributed by atoms with Gasteiger partial charge in [0.05, 0.1) is 26.9 Å². The van der Waals surface area contributed by atoms with Crippen molar-refractivity contribution < 1.29 is 0 Å². The molecule has 4 heteroatoms. The Balaban J connectivity index is 1.32. The number of benzene rings is 5. The molecule has 0 amide bonds. The fraction of sp³-hybridized carbons (Fsp3) is 0. The van der Waals surface area contributed by atoms with E-state index in [-0.39, 0.29) is 0 Å². The summed E-state index contributed by atoms with van der Waals surface area (Å²) in [6.45, 7) is 0. The zero-order valence-corrected chi connectivity index (χ0v) is 21.2. The Hall–Kier alpha value is -4.80. The van der Waals surface area contributed by atoms with E-state index in [0.29, 0.717) is 0 Å². The van der Waals surface area contributed by atoms with Gasteiger partial charge in [-0.2, -0.15) is 0 Å². The Bertz CT molecular complexity index is 2120. The van der Waals surface area contributed by atoms with Crippen molar-refractivity contribution in [3.8, 4) is 33.8 Å². The van der Waals surface area contributed by atoms with Crippen molar-refractivity contribution >= 4 is 48.2 Å². The number of thiazole rings is 1. The molecule has 0 fully saturated rings. The zero-order chi connectivity index (χ0) is 25.1. The Morgan fingerprint density at radius 3 is 2.00 bits per heavy atom. The van der Waals surface area contributed by atoms with E-state index in [2.05, 4.69) is 108 Å². The summed E-state index contributed by atoms with van der Waals surface area (Å²) < 4.78 is 3.70. The molecule has 3 nitrogen and oxygen atoms in total. The molecule has 0 unspecified atom stereocenters. The minimum atomic E-state index is 0.744. The molecule has 0 atom stereocenters. The molecule has 0 aliphatic heterocycles. The molecule has 5 aromatic carbocycles. The molecule has 0 bridgehead atoms. The average molecular weight is 504 g/mol. The molecule has 0 aliphatic carbocycles. The summed E-state index contributed by atoms with van der Waals surface area (Å²) in [7, 11) is 0. The minimum absolute atomic E-state index is 0.744. The summed E-state index contributed by atoms with van der Waals surface area (Å²) in [5.41, 5.74) is 9.00. The Kier molecular flexibility index (Phi) is 4.69. The van der Waals surface area contributed by atoms with E-state index in [1.54, 1.807) is 0 Å². The summed E-state index contributed by atoms with van der Waals surface area (Å²) in [6.07, 6.45) is 0. The van der Waals surface area contributed by atoms with E-state index in [4.69, 9.17) is 9.97 Å². The molecular weight excluding hydrogens is 482 g/mol. The number of hydrogen-bond acceptors (Lipinski definition) is 3. The van der Waals surface area contributed by atoms with Gasteiger partial charge in [0.15, 0.2) is 5.82 Å². The molecule has 3 heterocycles. The van der Waals surface area contributed by atoms with Crippen molar-refractivity contribution in [2.45, 2.75) is 0 Å². The van der Waals surface area contributed by atoms with Crippen LogP contribution in [0.5, 0.6) is 0 Å². The number of aromatic nitrogens is 3. The lowest BCUT2D eigenvalue weighted by Gasteiger charge is -2.10. The molecule has 38 heavy (non-hydrogen) atoms. The molecule has 0 N–H and O–H groups in total. The second-order valence-corrected chi connectivity index (χ2v) is 10.5. The van der Waals surface area contributed by atoms with E-state index in [0.717, 1.165) is 33.5 Å². The average Bonchev–Trinajstić information content (AvgIpc) is 3.52. The van der Waals surface area contributed by atoms with Gasteiger partial charge in [-0.25, -0.2) is 9.97 Å². The number of nitrogens with zero attached hydrogens (tertiary/aromatic N) is 3. The van der Waals surface area contributed by atoms with Gasteiger partial charge in [0, 0.05) is 27.5 Å². The first kappa shape index (κ1) is 21.3. The van der Waals surface area contributed by atoms with Gasteiger partial charge in [-0.15, -0.1) is 11.3 Å². The molecule has 0 aliphatic rings. The standard InChI is InChI=1S/C34H21N3S/c1-2-10-24(11-3-1)33-35-27-14-6-4-12-25(27)32(36-33)23-20-18-22(19-21-23)31-26-13-5-7-15-28(26)37-29-16-8-9-17-30(29)38-34(31)37/h1-21H. The predicted molar refractivity (Wildman–Crippen MR) is 160 cm³/mol. The van der Waals surface area contributed by atoms with Gasteiger partial charge in [0.2, 0.25) is 0 Å². The first-order valence-electron chi connectivity index (χ1n) is 12.7. The van der Waals surface area contributed by atoms with Crippen molar-refractivity contribution in [3.05, 3.63) is 127 Å². The van der Waals surface area contributed by atoms with Crippen LogP contribution in [0.25, 0.3) is 70.6 Å². The fourth-order valence-corrected chi connectivity index (χ4v) is 6.71. The van der Waals surface area contributed by atoms with Crippen LogP contribution in [0.4, 0.5) is 0 Å². The van der Waals surface area contributed by atoms with Crippen LogP contribution in [0.3, 0.4) is 0 Å². The quantitative estimate of drug-likeness (QED) is 0.240. The number of hydrogen-bond donors (Lipinski definition) is 0. The summed E-state index contributed by atoms with van der Waals surface area (Å²) in [5.74, 6) is 0.744. The molecule has 8 rings (SSSR count). The van der Waals surface area contributed by atoms with E-state index < -0.39 is 0 Å². The summed E-state index contributed by atoms with van der Waals surface area (Å²) in [4.78, 5) is 11.2. The normalized spacial score (nSPS) is 11.7. The van der Waals surface area contributed by atoms with E-state index >= 15 is 0 Å². The lowest BCUT2D eigenvalue weighted by molar-refractivity contribution is 1.23. The highest BCUT2D eigenvalue weighted by atomic mass is 32.1. The lowest BCUT2D eigenvalue weighted by Crippen LogP contribution is -1.95. The van der Waals surface area contributed by atoms with Gasteiger partial charge in [0.1, 0.15) is 4.83 Å². The molecule has 8 aromatic rings. The monoisotopic (exact) mass is 503 g/mol. The highest BCUT2D eigenvalue weighted by Crippen LogP contribution is 2.42. The van der Waals surface area contributed by atoms with Gasteiger partial charge in [-0.3, -0.25) is 4.40 Å². The van der Waals surface area contributed by atoms with Gasteiger partial charge in [-0.05, 0) is 29.8 Å². The topological polar surface area (TPSA) is 30.2 Å². The molecule has 0 saturated carbocycles. The van der Waals surface area contributed by atoms with Crippen LogP contribution in [0, 0.1) is 0 Å². The molecule has 0 radical (unpaired) electrons. The third-order valence-electron chi connectivity index (χ3n) is 7.23. The van der Waals surface area contributed by atoms with Crippen molar-refractivity contribution in [1.82, 2.24) is 14.4 Å². The fourth-order valence-electron chi connectivity index (χ4n) is 5.47. The largest absolute Gasteiger partial charge is 0.299 e. The smallest absolute Gasteiger partial charge is 0.160 e. The van der Waals surface area contributed by atoms with Crippen LogP contribution in [0.15, 0.2) is 127 Å². The Labute approximate surface area is 223 Å². The Morgan fingerprint density at radius 1 is 0.500 bits per heavy atom. The van der Waals surface area contributed by atoms with Gasteiger partial charge in [0.25, 0.3) is 0 Å². The van der Waals surface area contributed by atoms with Crippen molar-refractivity contribution in [3.63, 3.8) is 0 Å². The van der Waals surface area contributed by atoms with Crippen LogP contribution in [0.2, 0.25) is 0 Å². The van der Waals surface area contributed by atoms with Gasteiger partial charge >= 0.3 is 0 Å². The van der Waals surface area contributed by atoms with Crippen LogP contribution >= 0.6 is 11.3 Å². The van der Waals surface area contributed by atoms with Crippen molar-refractivity contribution in [2.75, 3.05) is 0 Å². The summed E-state index contributed by atoms with van der Waals surface area (Å²) in [6, 6.07) is 44.7. The lowest BCUT2D eigenvalue weighted by atomic mass is 10.0. The first-order valence-corrected chi connectivity index (χ1v) is 13.5. The van der Waals surface area contributed by atoms with Gasteiger partial charge in [-0.1, -0.05) is 103 Å². The van der Waals surface area contributed by atoms with Crippen LogP contribution < -0.4 is 0 Å². The third-order valence-corrected chi connectivity index (χ3v) is 8.37. The van der Waals surface area contributed by atoms with Crippen LogP contribution in [-0.4, -0.2) is 14.4 Å². The Morgan fingerprint density at radius 2 is 1.16 bits per heavy atom. The molecule has 3 aromatic heterocycles. The highest BCUT2D eigenvalue weighted by Gasteiger charge is 2.18. The highest BCUT2D eigenvalue weighted by molar-refractivity contribution is 7.24. The van der Waals surface area contributed by atoms with E-state index in [1.807, 2.05) is 35.6 Å². The molecular formula is C34H21N3S. The summed E-state index contributed by atoms with van der Waals surface area (Å²) in [5, 5.41) is 2.33. The van der Waals surface area contributed by atoms with Crippen LogP contribution in [0.1, 0.15) is 0 Å².